The molecule has 0 radical (unpaired) electrons. The lowest BCUT2D eigenvalue weighted by atomic mass is 10.00. The van der Waals surface area contributed by atoms with Gasteiger partial charge >= 0.3 is 0 Å². The number of hydrogen-bond acceptors (Lipinski definition) is 2. The molecule has 1 aromatic heterocycles. The van der Waals surface area contributed by atoms with Gasteiger partial charge in [0, 0.05) is 5.57 Å². The van der Waals surface area contributed by atoms with Gasteiger partial charge in [-0.05, 0) is 37.8 Å². The Labute approximate surface area is 101 Å². The third-order valence-corrected chi connectivity index (χ3v) is 3.36. The molecule has 1 aromatic carbocycles. The predicted octanol–water partition coefficient (Wildman–Crippen LogP) is 4.57. The van der Waals surface area contributed by atoms with E-state index in [1.165, 1.54) is 31.3 Å². The molecule has 2 aromatic rings. The average Bonchev–Trinajstić information content (AvgIpc) is 2.71. The van der Waals surface area contributed by atoms with Crippen molar-refractivity contribution >= 4 is 16.7 Å². The quantitative estimate of drug-likeness (QED) is 0.713. The monoisotopic (exact) mass is 227 g/mol. The molecular weight excluding hydrogens is 210 g/mol. The summed E-state index contributed by atoms with van der Waals surface area (Å²) in [6, 6.07) is 7.98. The normalized spacial score (nSPS) is 20.6. The van der Waals surface area contributed by atoms with E-state index in [9.17, 15) is 0 Å². The fraction of sp³-hybridized carbons (Fsp3) is 0.400. The molecule has 2 nitrogen and oxygen atoms in total. The number of para-hydroxylation sites is 2. The number of rotatable bonds is 1. The molecule has 0 N–H and O–H groups in total. The maximum atomic E-state index is 5.82. The van der Waals surface area contributed by atoms with E-state index in [0.29, 0.717) is 0 Å². The standard InChI is InChI=1S/C15H17NO/c1-2-4-8-12(9-5-3-1)15-16-13-10-6-7-11-14(13)17-15/h6-8,10-11H,1-5,9H2/b12-8+. The summed E-state index contributed by atoms with van der Waals surface area (Å²) in [5.41, 5.74) is 3.15. The molecule has 0 atom stereocenters. The largest absolute Gasteiger partial charge is 0.436 e. The maximum absolute atomic E-state index is 5.82. The van der Waals surface area contributed by atoms with Crippen LogP contribution in [0, 0.1) is 0 Å². The van der Waals surface area contributed by atoms with Crippen LogP contribution in [0.15, 0.2) is 34.8 Å². The molecule has 0 bridgehead atoms. The second-order valence-corrected chi connectivity index (χ2v) is 4.67. The lowest BCUT2D eigenvalue weighted by Crippen LogP contribution is -1.90. The SMILES string of the molecule is C1=C(/c2nc3ccccc3o2)CCCCCC/1. The van der Waals surface area contributed by atoms with Gasteiger partial charge in [-0.3, -0.25) is 0 Å². The van der Waals surface area contributed by atoms with E-state index in [1.807, 2.05) is 24.3 Å². The summed E-state index contributed by atoms with van der Waals surface area (Å²) in [6.45, 7) is 0. The van der Waals surface area contributed by atoms with Crippen LogP contribution < -0.4 is 0 Å². The Balaban J connectivity index is 1.96. The number of benzene rings is 1. The molecule has 0 unspecified atom stereocenters. The fourth-order valence-corrected chi connectivity index (χ4v) is 2.40. The van der Waals surface area contributed by atoms with Gasteiger partial charge in [0.2, 0.25) is 5.89 Å². The Morgan fingerprint density at radius 3 is 2.82 bits per heavy atom. The van der Waals surface area contributed by atoms with Gasteiger partial charge < -0.3 is 4.42 Å². The van der Waals surface area contributed by atoms with Crippen LogP contribution in [0.4, 0.5) is 0 Å². The number of hydrogen-bond donors (Lipinski definition) is 0. The van der Waals surface area contributed by atoms with Crippen molar-refractivity contribution in [1.29, 1.82) is 0 Å². The minimum Gasteiger partial charge on any atom is -0.436 e. The zero-order valence-corrected chi connectivity index (χ0v) is 9.98. The van der Waals surface area contributed by atoms with Crippen LogP contribution >= 0.6 is 0 Å². The van der Waals surface area contributed by atoms with Crippen molar-refractivity contribution in [2.75, 3.05) is 0 Å². The van der Waals surface area contributed by atoms with E-state index >= 15 is 0 Å². The number of oxazole rings is 1. The van der Waals surface area contributed by atoms with Crippen LogP contribution in [-0.2, 0) is 0 Å². The topological polar surface area (TPSA) is 26.0 Å². The molecule has 0 amide bonds. The Morgan fingerprint density at radius 1 is 1.00 bits per heavy atom. The number of nitrogens with zero attached hydrogens (tertiary/aromatic N) is 1. The maximum Gasteiger partial charge on any atom is 0.222 e. The van der Waals surface area contributed by atoms with Gasteiger partial charge in [-0.1, -0.05) is 31.1 Å². The highest BCUT2D eigenvalue weighted by molar-refractivity contribution is 5.75. The molecule has 1 aliphatic carbocycles. The lowest BCUT2D eigenvalue weighted by molar-refractivity contribution is 0.570. The molecule has 0 spiro atoms. The van der Waals surface area contributed by atoms with Gasteiger partial charge in [0.05, 0.1) is 0 Å². The van der Waals surface area contributed by atoms with Gasteiger partial charge in [0.25, 0.3) is 0 Å². The van der Waals surface area contributed by atoms with Gasteiger partial charge in [-0.2, -0.15) is 0 Å². The summed E-state index contributed by atoms with van der Waals surface area (Å²) in [5.74, 6) is 0.827. The third kappa shape index (κ3) is 2.26. The number of allylic oxidation sites excluding steroid dienone is 2. The molecule has 88 valence electrons. The van der Waals surface area contributed by atoms with Crippen LogP contribution in [0.2, 0.25) is 0 Å². The molecule has 3 rings (SSSR count). The Kier molecular flexibility index (Phi) is 2.95. The van der Waals surface area contributed by atoms with Crippen LogP contribution in [0.3, 0.4) is 0 Å². The van der Waals surface area contributed by atoms with Crippen molar-refractivity contribution in [3.8, 4) is 0 Å². The molecule has 17 heavy (non-hydrogen) atoms. The van der Waals surface area contributed by atoms with Crippen LogP contribution in [0.1, 0.15) is 44.4 Å². The third-order valence-electron chi connectivity index (χ3n) is 3.36. The summed E-state index contributed by atoms with van der Waals surface area (Å²) in [4.78, 5) is 4.57. The summed E-state index contributed by atoms with van der Waals surface area (Å²) in [6.07, 6.45) is 9.81. The lowest BCUT2D eigenvalue weighted by Gasteiger charge is -2.07. The minimum absolute atomic E-state index is 0.827. The molecule has 2 heteroatoms. The molecule has 0 aliphatic heterocycles. The minimum atomic E-state index is 0.827. The Bertz CT molecular complexity index is 506. The van der Waals surface area contributed by atoms with Crippen molar-refractivity contribution in [2.24, 2.45) is 0 Å². The van der Waals surface area contributed by atoms with Crippen molar-refractivity contribution in [3.63, 3.8) is 0 Å². The molecular formula is C15H17NO. The zero-order chi connectivity index (χ0) is 11.5. The van der Waals surface area contributed by atoms with E-state index in [0.717, 1.165) is 29.8 Å². The predicted molar refractivity (Wildman–Crippen MR) is 69.7 cm³/mol. The van der Waals surface area contributed by atoms with E-state index in [-0.39, 0.29) is 0 Å². The molecule has 1 aliphatic rings. The van der Waals surface area contributed by atoms with Gasteiger partial charge in [0.15, 0.2) is 5.58 Å². The Hall–Kier alpha value is -1.57. The first-order chi connectivity index (χ1) is 8.43. The van der Waals surface area contributed by atoms with Crippen molar-refractivity contribution < 1.29 is 4.42 Å². The van der Waals surface area contributed by atoms with E-state index in [1.54, 1.807) is 0 Å². The van der Waals surface area contributed by atoms with Crippen molar-refractivity contribution in [3.05, 3.63) is 36.2 Å². The molecule has 0 fully saturated rings. The Morgan fingerprint density at radius 2 is 1.88 bits per heavy atom. The van der Waals surface area contributed by atoms with E-state index in [4.69, 9.17) is 4.42 Å². The number of fused-ring (bicyclic) bond motifs is 1. The highest BCUT2D eigenvalue weighted by Gasteiger charge is 2.11. The van der Waals surface area contributed by atoms with Crippen LogP contribution in [0.5, 0.6) is 0 Å². The van der Waals surface area contributed by atoms with E-state index < -0.39 is 0 Å². The second kappa shape index (κ2) is 4.74. The summed E-state index contributed by atoms with van der Waals surface area (Å²) in [5, 5.41) is 0. The molecule has 1 heterocycles. The molecule has 0 saturated heterocycles. The van der Waals surface area contributed by atoms with Crippen molar-refractivity contribution in [2.45, 2.75) is 38.5 Å². The first-order valence-corrected chi connectivity index (χ1v) is 6.48. The van der Waals surface area contributed by atoms with Crippen molar-refractivity contribution in [1.82, 2.24) is 4.98 Å². The van der Waals surface area contributed by atoms with Crippen LogP contribution in [0.25, 0.3) is 16.7 Å². The fourth-order valence-electron chi connectivity index (χ4n) is 2.40. The summed E-state index contributed by atoms with van der Waals surface area (Å²) in [7, 11) is 0. The zero-order valence-electron chi connectivity index (χ0n) is 9.98. The summed E-state index contributed by atoms with van der Waals surface area (Å²) < 4.78 is 5.82. The molecule has 0 saturated carbocycles. The average molecular weight is 227 g/mol. The highest BCUT2D eigenvalue weighted by Crippen LogP contribution is 2.27. The van der Waals surface area contributed by atoms with Gasteiger partial charge in [-0.25, -0.2) is 4.98 Å². The first-order valence-electron chi connectivity index (χ1n) is 6.48. The van der Waals surface area contributed by atoms with E-state index in [2.05, 4.69) is 11.1 Å². The van der Waals surface area contributed by atoms with Gasteiger partial charge in [0.1, 0.15) is 5.52 Å². The van der Waals surface area contributed by atoms with Gasteiger partial charge in [-0.15, -0.1) is 0 Å². The number of aromatic nitrogens is 1. The summed E-state index contributed by atoms with van der Waals surface area (Å²) >= 11 is 0. The second-order valence-electron chi connectivity index (χ2n) is 4.67. The van der Waals surface area contributed by atoms with Crippen LogP contribution in [-0.4, -0.2) is 4.98 Å². The smallest absolute Gasteiger partial charge is 0.222 e. The highest BCUT2D eigenvalue weighted by atomic mass is 16.3. The first kappa shape index (κ1) is 10.6.